The third-order valence-electron chi connectivity index (χ3n) is 6.14. The Labute approximate surface area is 192 Å². The van der Waals surface area contributed by atoms with E-state index in [2.05, 4.69) is 30.0 Å². The van der Waals surface area contributed by atoms with Crippen molar-refractivity contribution in [3.8, 4) is 33.9 Å². The van der Waals surface area contributed by atoms with Gasteiger partial charge in [-0.05, 0) is 35.9 Å². The zero-order valence-corrected chi connectivity index (χ0v) is 17.9. The van der Waals surface area contributed by atoms with Gasteiger partial charge in [-0.2, -0.15) is 5.10 Å². The molecule has 1 fully saturated rings. The van der Waals surface area contributed by atoms with Crippen LogP contribution in [0.2, 0.25) is 0 Å². The molecule has 0 unspecified atom stereocenters. The number of nitrogens with two attached hydrogens (primary N) is 1. The molecule has 1 saturated heterocycles. The van der Waals surface area contributed by atoms with E-state index >= 15 is 0 Å². The smallest absolute Gasteiger partial charge is 0.147 e. The third-order valence-corrected chi connectivity index (χ3v) is 6.14. The molecule has 6 aromatic heterocycles. The summed E-state index contributed by atoms with van der Waals surface area (Å²) < 4.78 is 5.27. The molecule has 0 aromatic carbocycles. The Morgan fingerprint density at radius 3 is 2.85 bits per heavy atom. The van der Waals surface area contributed by atoms with Crippen molar-refractivity contribution in [1.29, 1.82) is 0 Å². The SMILES string of the molecule is NC1CN(c2cncc(-c3ccc4[nH]nc(-c5cc6c(-c7ccoc7)ccnc6[nH]5)c4n3)n2)C1. The van der Waals surface area contributed by atoms with Gasteiger partial charge >= 0.3 is 0 Å². The third kappa shape index (κ3) is 2.96. The van der Waals surface area contributed by atoms with Crippen LogP contribution in [0.4, 0.5) is 5.82 Å². The summed E-state index contributed by atoms with van der Waals surface area (Å²) in [5, 5.41) is 8.60. The minimum Gasteiger partial charge on any atom is -0.472 e. The first-order chi connectivity index (χ1) is 16.7. The molecule has 34 heavy (non-hydrogen) atoms. The number of fused-ring (bicyclic) bond motifs is 2. The number of aromatic amines is 2. The number of aromatic nitrogens is 7. The second-order valence-corrected chi connectivity index (χ2v) is 8.41. The first-order valence-corrected chi connectivity index (χ1v) is 10.9. The molecule has 7 rings (SSSR count). The maximum atomic E-state index is 5.92. The van der Waals surface area contributed by atoms with Gasteiger partial charge in [0.25, 0.3) is 0 Å². The number of furan rings is 1. The number of hydrogen-bond acceptors (Lipinski definition) is 8. The lowest BCUT2D eigenvalue weighted by atomic mass is 10.1. The largest absolute Gasteiger partial charge is 0.472 e. The molecule has 4 N–H and O–H groups in total. The lowest BCUT2D eigenvalue weighted by Gasteiger charge is -2.37. The topological polar surface area (TPSA) is 138 Å². The summed E-state index contributed by atoms with van der Waals surface area (Å²) in [5.74, 6) is 0.807. The van der Waals surface area contributed by atoms with Crippen LogP contribution in [-0.4, -0.2) is 54.2 Å². The predicted molar refractivity (Wildman–Crippen MR) is 128 cm³/mol. The molecule has 10 nitrogen and oxygen atoms in total. The molecule has 0 radical (unpaired) electrons. The van der Waals surface area contributed by atoms with Gasteiger partial charge in [-0.3, -0.25) is 10.1 Å². The van der Waals surface area contributed by atoms with Gasteiger partial charge in [0.1, 0.15) is 28.4 Å². The molecule has 0 amide bonds. The Hall–Kier alpha value is -4.57. The zero-order valence-electron chi connectivity index (χ0n) is 17.9. The molecule has 0 spiro atoms. The summed E-state index contributed by atoms with van der Waals surface area (Å²) in [5.41, 5.74) is 13.3. The van der Waals surface area contributed by atoms with Crippen LogP contribution in [0.15, 0.2) is 65.9 Å². The molecular weight excluding hydrogens is 430 g/mol. The van der Waals surface area contributed by atoms with Crippen LogP contribution in [-0.2, 0) is 0 Å². The van der Waals surface area contributed by atoms with Crippen molar-refractivity contribution >= 4 is 27.9 Å². The highest BCUT2D eigenvalue weighted by Crippen LogP contribution is 2.33. The Morgan fingerprint density at radius 1 is 1.06 bits per heavy atom. The minimum absolute atomic E-state index is 0.188. The van der Waals surface area contributed by atoms with Crippen molar-refractivity contribution in [2.45, 2.75) is 6.04 Å². The number of pyridine rings is 2. The number of hydrogen-bond donors (Lipinski definition) is 3. The summed E-state index contributed by atoms with van der Waals surface area (Å²) in [6, 6.07) is 10.0. The normalized spacial score (nSPS) is 14.2. The van der Waals surface area contributed by atoms with Crippen molar-refractivity contribution in [3.63, 3.8) is 0 Å². The molecule has 0 saturated carbocycles. The van der Waals surface area contributed by atoms with E-state index in [0.29, 0.717) is 11.4 Å². The highest BCUT2D eigenvalue weighted by atomic mass is 16.3. The van der Waals surface area contributed by atoms with Crippen LogP contribution in [0.25, 0.3) is 56.0 Å². The van der Waals surface area contributed by atoms with Crippen molar-refractivity contribution < 1.29 is 4.42 Å². The van der Waals surface area contributed by atoms with Crippen LogP contribution in [0.1, 0.15) is 0 Å². The standard InChI is InChI=1S/C24H19N9O/c25-14-10-33(11-14)21-9-26-8-20(28-21)17-1-2-18-22(29-17)23(32-31-18)19-7-16-15(13-4-6-34-12-13)3-5-27-24(16)30-19/h1-9,12,14H,10-11,25H2,(H,27,30)(H,31,32). The van der Waals surface area contributed by atoms with Gasteiger partial charge in [0.15, 0.2) is 0 Å². The summed E-state index contributed by atoms with van der Waals surface area (Å²) in [7, 11) is 0. The van der Waals surface area contributed by atoms with E-state index in [1.807, 2.05) is 30.3 Å². The van der Waals surface area contributed by atoms with Crippen LogP contribution in [0, 0.1) is 0 Å². The number of anilines is 1. The molecular formula is C24H19N9O. The summed E-state index contributed by atoms with van der Waals surface area (Å²) in [6.45, 7) is 1.57. The molecule has 6 aromatic rings. The molecule has 0 bridgehead atoms. The van der Waals surface area contributed by atoms with E-state index in [0.717, 1.165) is 63.5 Å². The molecule has 1 aliphatic rings. The second-order valence-electron chi connectivity index (χ2n) is 8.41. The molecule has 0 atom stereocenters. The van der Waals surface area contributed by atoms with Crippen molar-refractivity contribution in [2.75, 3.05) is 18.0 Å². The van der Waals surface area contributed by atoms with Crippen molar-refractivity contribution in [3.05, 3.63) is 61.4 Å². The van der Waals surface area contributed by atoms with E-state index < -0.39 is 0 Å². The fourth-order valence-corrected chi connectivity index (χ4v) is 4.38. The number of rotatable bonds is 4. The molecule has 7 heterocycles. The number of nitrogens with zero attached hydrogens (tertiary/aromatic N) is 6. The summed E-state index contributed by atoms with van der Waals surface area (Å²) in [4.78, 5) is 24.0. The number of H-pyrrole nitrogens is 2. The maximum Gasteiger partial charge on any atom is 0.147 e. The van der Waals surface area contributed by atoms with E-state index in [-0.39, 0.29) is 6.04 Å². The van der Waals surface area contributed by atoms with Gasteiger partial charge in [-0.15, -0.1) is 0 Å². The van der Waals surface area contributed by atoms with Crippen molar-refractivity contribution in [2.24, 2.45) is 5.73 Å². The van der Waals surface area contributed by atoms with E-state index in [1.165, 1.54) is 0 Å². The fourth-order valence-electron chi connectivity index (χ4n) is 4.38. The lowest BCUT2D eigenvalue weighted by Crippen LogP contribution is -2.56. The second kappa shape index (κ2) is 7.22. The first-order valence-electron chi connectivity index (χ1n) is 10.9. The van der Waals surface area contributed by atoms with Crippen LogP contribution >= 0.6 is 0 Å². The van der Waals surface area contributed by atoms with E-state index in [1.54, 1.807) is 31.1 Å². The van der Waals surface area contributed by atoms with E-state index in [4.69, 9.17) is 20.1 Å². The molecule has 10 heteroatoms. The molecule has 1 aliphatic heterocycles. The maximum absolute atomic E-state index is 5.92. The molecule has 0 aliphatic carbocycles. The summed E-state index contributed by atoms with van der Waals surface area (Å²) >= 11 is 0. The minimum atomic E-state index is 0.188. The van der Waals surface area contributed by atoms with Gasteiger partial charge in [0.2, 0.25) is 0 Å². The molecule has 166 valence electrons. The van der Waals surface area contributed by atoms with Gasteiger partial charge < -0.3 is 20.0 Å². The zero-order chi connectivity index (χ0) is 22.6. The van der Waals surface area contributed by atoms with Gasteiger partial charge in [0, 0.05) is 36.3 Å². The van der Waals surface area contributed by atoms with Gasteiger partial charge in [0.05, 0.1) is 41.8 Å². The van der Waals surface area contributed by atoms with Crippen LogP contribution in [0.3, 0.4) is 0 Å². The highest BCUT2D eigenvalue weighted by molar-refractivity contribution is 5.98. The Balaban J connectivity index is 1.31. The van der Waals surface area contributed by atoms with Crippen LogP contribution < -0.4 is 10.6 Å². The van der Waals surface area contributed by atoms with E-state index in [9.17, 15) is 0 Å². The van der Waals surface area contributed by atoms with Gasteiger partial charge in [-0.1, -0.05) is 0 Å². The average molecular weight is 449 g/mol. The highest BCUT2D eigenvalue weighted by Gasteiger charge is 2.25. The monoisotopic (exact) mass is 449 g/mol. The fraction of sp³-hybridized carbons (Fsp3) is 0.125. The van der Waals surface area contributed by atoms with Gasteiger partial charge in [-0.25, -0.2) is 15.0 Å². The lowest BCUT2D eigenvalue weighted by molar-refractivity contribution is 0.514. The Kier molecular flexibility index (Phi) is 4.02. The van der Waals surface area contributed by atoms with Crippen molar-refractivity contribution in [1.82, 2.24) is 35.1 Å². The quantitative estimate of drug-likeness (QED) is 0.372. The Morgan fingerprint density at radius 2 is 2.00 bits per heavy atom. The predicted octanol–water partition coefficient (Wildman–Crippen LogP) is 3.37. The number of nitrogens with one attached hydrogen (secondary N) is 2. The van der Waals surface area contributed by atoms with Crippen LogP contribution in [0.5, 0.6) is 0 Å². The summed E-state index contributed by atoms with van der Waals surface area (Å²) in [6.07, 6.45) is 8.65. The Bertz CT molecular complexity index is 1640. The first kappa shape index (κ1) is 18.9. The average Bonchev–Trinajstić information content (AvgIpc) is 3.60.